The highest BCUT2D eigenvalue weighted by atomic mass is 32.1. The summed E-state index contributed by atoms with van der Waals surface area (Å²) in [5.41, 5.74) is 7.36. The zero-order valence-electron chi connectivity index (χ0n) is 17.0. The number of piperidine rings is 1. The minimum Gasteiger partial charge on any atom is -0.330 e. The number of hydrogen-bond donors (Lipinski definition) is 2. The predicted octanol–water partition coefficient (Wildman–Crippen LogP) is 1.16. The van der Waals surface area contributed by atoms with Crippen molar-refractivity contribution in [3.8, 4) is 6.07 Å². The standard InChI is InChI=1S/C22H27N5O2S/c1-12(13-3-2-4-17(30)6-13)26-16-8-20(22(26)29)25(10-16)11-18(24)21(28)27-15(9-23)5-14-7-19(14)27/h2-4,6,12,14-16,18-20,30H,5,7-8,10-11,24H2,1H3/t12?,14-,15?,16+,18?,19+,20+/m1/s1. The van der Waals surface area contributed by atoms with E-state index >= 15 is 0 Å². The number of benzene rings is 1. The quantitative estimate of drug-likeness (QED) is 0.691. The molecule has 3 heterocycles. The molecule has 2 bridgehead atoms. The lowest BCUT2D eigenvalue weighted by Gasteiger charge is -2.38. The summed E-state index contributed by atoms with van der Waals surface area (Å²) in [6.07, 6.45) is 2.54. The van der Waals surface area contributed by atoms with E-state index in [4.69, 9.17) is 5.73 Å². The minimum atomic E-state index is -0.695. The molecule has 4 aliphatic rings. The van der Waals surface area contributed by atoms with E-state index in [1.54, 1.807) is 4.90 Å². The van der Waals surface area contributed by atoms with Crippen molar-refractivity contribution in [1.29, 1.82) is 5.26 Å². The van der Waals surface area contributed by atoms with Crippen LogP contribution in [0, 0.1) is 17.2 Å². The highest BCUT2D eigenvalue weighted by Gasteiger charge is 2.56. The molecule has 30 heavy (non-hydrogen) atoms. The van der Waals surface area contributed by atoms with Crippen LogP contribution in [0.4, 0.5) is 0 Å². The lowest BCUT2D eigenvalue weighted by Crippen LogP contribution is -2.57. The molecule has 0 spiro atoms. The average molecular weight is 426 g/mol. The number of nitrogens with two attached hydrogens (primary N) is 1. The molecular formula is C22H27N5O2S. The van der Waals surface area contributed by atoms with Crippen LogP contribution in [0.25, 0.3) is 0 Å². The van der Waals surface area contributed by atoms with E-state index in [0.717, 1.165) is 36.3 Å². The van der Waals surface area contributed by atoms with Crippen molar-refractivity contribution >= 4 is 24.4 Å². The molecule has 3 aliphatic heterocycles. The summed E-state index contributed by atoms with van der Waals surface area (Å²) in [6.45, 7) is 3.16. The summed E-state index contributed by atoms with van der Waals surface area (Å²) < 4.78 is 0. The summed E-state index contributed by atoms with van der Waals surface area (Å²) in [5.74, 6) is 0.444. The molecule has 1 aromatic rings. The molecule has 2 amide bonds. The normalized spacial score (nSPS) is 34.1. The van der Waals surface area contributed by atoms with Crippen LogP contribution < -0.4 is 5.73 Å². The Morgan fingerprint density at radius 1 is 1.37 bits per heavy atom. The molecule has 1 aliphatic carbocycles. The van der Waals surface area contributed by atoms with E-state index in [9.17, 15) is 14.9 Å². The van der Waals surface area contributed by atoms with Gasteiger partial charge in [0, 0.05) is 30.1 Å². The number of likely N-dealkylation sites (tertiary alicyclic amines) is 3. The average Bonchev–Trinajstić information content (AvgIpc) is 3.06. The van der Waals surface area contributed by atoms with Gasteiger partial charge in [-0.1, -0.05) is 12.1 Å². The lowest BCUT2D eigenvalue weighted by molar-refractivity contribution is -0.141. The van der Waals surface area contributed by atoms with E-state index in [2.05, 4.69) is 30.5 Å². The number of nitrogens with zero attached hydrogens (tertiary/aromatic N) is 4. The van der Waals surface area contributed by atoms with Crippen molar-refractivity contribution in [2.75, 3.05) is 13.1 Å². The second-order valence-corrected chi connectivity index (χ2v) is 9.69. The van der Waals surface area contributed by atoms with E-state index in [-0.39, 0.29) is 42.0 Å². The van der Waals surface area contributed by atoms with Gasteiger partial charge in [-0.25, -0.2) is 0 Å². The van der Waals surface area contributed by atoms with Gasteiger partial charge in [0.2, 0.25) is 11.8 Å². The summed E-state index contributed by atoms with van der Waals surface area (Å²) in [6, 6.07) is 9.24. The van der Waals surface area contributed by atoms with Gasteiger partial charge >= 0.3 is 0 Å². The number of rotatable bonds is 5. The van der Waals surface area contributed by atoms with Crippen molar-refractivity contribution in [3.63, 3.8) is 0 Å². The van der Waals surface area contributed by atoms with E-state index in [1.165, 1.54) is 0 Å². The maximum Gasteiger partial charge on any atom is 0.242 e. The first-order valence-corrected chi connectivity index (χ1v) is 11.2. The van der Waals surface area contributed by atoms with E-state index in [1.807, 2.05) is 29.2 Å². The van der Waals surface area contributed by atoms with Crippen molar-refractivity contribution in [1.82, 2.24) is 14.7 Å². The number of piperazine rings is 1. The first-order valence-electron chi connectivity index (χ1n) is 10.7. The van der Waals surface area contributed by atoms with E-state index in [0.29, 0.717) is 12.5 Å². The molecular weight excluding hydrogens is 398 g/mol. The van der Waals surface area contributed by atoms with Gasteiger partial charge in [-0.2, -0.15) is 5.26 Å². The molecule has 1 saturated carbocycles. The number of fused-ring (bicyclic) bond motifs is 3. The Bertz CT molecular complexity index is 932. The van der Waals surface area contributed by atoms with Crippen LogP contribution in [0.15, 0.2) is 29.2 Å². The third kappa shape index (κ3) is 3.11. The summed E-state index contributed by atoms with van der Waals surface area (Å²) >= 11 is 4.42. The molecule has 7 atom stereocenters. The maximum atomic E-state index is 13.1. The first kappa shape index (κ1) is 19.9. The van der Waals surface area contributed by atoms with Crippen LogP contribution in [-0.2, 0) is 9.59 Å². The Kier molecular flexibility index (Phi) is 4.80. The van der Waals surface area contributed by atoms with Gasteiger partial charge in [-0.3, -0.25) is 14.5 Å². The fourth-order valence-corrected chi connectivity index (χ4v) is 5.99. The molecule has 5 rings (SSSR count). The Morgan fingerprint density at radius 3 is 2.87 bits per heavy atom. The lowest BCUT2D eigenvalue weighted by atomic mass is 10.1. The zero-order chi connectivity index (χ0) is 21.2. The van der Waals surface area contributed by atoms with Gasteiger partial charge in [0.25, 0.3) is 0 Å². The summed E-state index contributed by atoms with van der Waals surface area (Å²) in [4.78, 5) is 32.7. The molecule has 158 valence electrons. The fraction of sp³-hybridized carbons (Fsp3) is 0.591. The van der Waals surface area contributed by atoms with Gasteiger partial charge in [0.15, 0.2) is 0 Å². The third-order valence-corrected chi connectivity index (χ3v) is 7.62. The number of nitriles is 1. The summed E-state index contributed by atoms with van der Waals surface area (Å²) in [7, 11) is 0. The molecule has 4 fully saturated rings. The summed E-state index contributed by atoms with van der Waals surface area (Å²) in [5, 5.41) is 9.35. The largest absolute Gasteiger partial charge is 0.330 e. The van der Waals surface area contributed by atoms with Gasteiger partial charge in [-0.15, -0.1) is 12.6 Å². The number of thiol groups is 1. The molecule has 1 aromatic carbocycles. The van der Waals surface area contributed by atoms with Gasteiger partial charge in [0.05, 0.1) is 24.2 Å². The van der Waals surface area contributed by atoms with Crippen LogP contribution in [0.2, 0.25) is 0 Å². The zero-order valence-corrected chi connectivity index (χ0v) is 17.9. The van der Waals surface area contributed by atoms with Crippen LogP contribution >= 0.6 is 12.6 Å². The molecule has 2 N–H and O–H groups in total. The second-order valence-electron chi connectivity index (χ2n) is 9.17. The predicted molar refractivity (Wildman–Crippen MR) is 113 cm³/mol. The number of amides is 2. The van der Waals surface area contributed by atoms with Crippen molar-refractivity contribution in [2.24, 2.45) is 11.7 Å². The van der Waals surface area contributed by atoms with Crippen LogP contribution in [0.5, 0.6) is 0 Å². The molecule has 8 heteroatoms. The Balaban J connectivity index is 1.24. The van der Waals surface area contributed by atoms with Crippen molar-refractivity contribution < 1.29 is 9.59 Å². The number of carbonyl (C=O) groups is 2. The number of carbonyl (C=O) groups excluding carboxylic acids is 2. The smallest absolute Gasteiger partial charge is 0.242 e. The van der Waals surface area contributed by atoms with E-state index < -0.39 is 6.04 Å². The SMILES string of the molecule is CC(c1cccc(S)c1)N1C(=O)[C@@H]2C[C@H]1CN2CC(N)C(=O)N1C(C#N)C[C@@H]2C[C@@H]21. The van der Waals surface area contributed by atoms with Crippen LogP contribution in [-0.4, -0.2) is 69.8 Å². The van der Waals surface area contributed by atoms with Gasteiger partial charge < -0.3 is 15.5 Å². The second kappa shape index (κ2) is 7.26. The first-order chi connectivity index (χ1) is 14.4. The molecule has 3 saturated heterocycles. The van der Waals surface area contributed by atoms with Gasteiger partial charge in [0.1, 0.15) is 6.04 Å². The van der Waals surface area contributed by atoms with Gasteiger partial charge in [-0.05, 0) is 49.8 Å². The highest BCUT2D eigenvalue weighted by molar-refractivity contribution is 7.80. The minimum absolute atomic E-state index is 0.00941. The highest BCUT2D eigenvalue weighted by Crippen LogP contribution is 2.48. The Hall–Kier alpha value is -2.08. The van der Waals surface area contributed by atoms with Crippen molar-refractivity contribution in [3.05, 3.63) is 29.8 Å². The number of hydrogen-bond acceptors (Lipinski definition) is 6. The van der Waals surface area contributed by atoms with Crippen LogP contribution in [0.1, 0.15) is 37.8 Å². The fourth-order valence-electron chi connectivity index (χ4n) is 5.76. The maximum absolute atomic E-state index is 13.1. The molecule has 0 radical (unpaired) electrons. The third-order valence-electron chi connectivity index (χ3n) is 7.34. The molecule has 0 aromatic heterocycles. The Morgan fingerprint density at radius 2 is 2.17 bits per heavy atom. The molecule has 3 unspecified atom stereocenters. The van der Waals surface area contributed by atoms with Crippen LogP contribution in [0.3, 0.4) is 0 Å². The topological polar surface area (TPSA) is 93.7 Å². The van der Waals surface area contributed by atoms with Crippen molar-refractivity contribution in [2.45, 2.75) is 67.3 Å². The Labute approximate surface area is 182 Å². The monoisotopic (exact) mass is 425 g/mol. The molecule has 7 nitrogen and oxygen atoms in total.